The topological polar surface area (TPSA) is 56.2 Å². The number of carbonyl (C=O) groups excluding carboxylic acids is 1. The molecule has 2 aromatic rings. The van der Waals surface area contributed by atoms with Crippen LogP contribution < -0.4 is 5.32 Å². The Balaban J connectivity index is 1.40. The first-order valence-corrected chi connectivity index (χ1v) is 9.78. The third-order valence-electron chi connectivity index (χ3n) is 5.46. The molecule has 4 rings (SSSR count). The minimum Gasteiger partial charge on any atom is -0.365 e. The maximum Gasteiger partial charge on any atom is 0.271 e. The zero-order valence-corrected chi connectivity index (χ0v) is 15.5. The highest BCUT2D eigenvalue weighted by Gasteiger charge is 2.26. The highest BCUT2D eigenvalue weighted by atomic mass is 35.5. The largest absolute Gasteiger partial charge is 0.365 e. The molecule has 1 aliphatic heterocycles. The molecule has 0 saturated heterocycles. The molecular weight excluding hydrogens is 350 g/mol. The van der Waals surface area contributed by atoms with Crippen LogP contribution in [0.1, 0.15) is 60.0 Å². The van der Waals surface area contributed by atoms with Gasteiger partial charge in [0.1, 0.15) is 6.10 Å². The van der Waals surface area contributed by atoms with Gasteiger partial charge in [-0.25, -0.2) is 4.98 Å². The van der Waals surface area contributed by atoms with Gasteiger partial charge in [-0.2, -0.15) is 0 Å². The molecule has 1 aromatic heterocycles. The van der Waals surface area contributed by atoms with Crippen LogP contribution in [0.4, 0.5) is 0 Å². The fourth-order valence-corrected chi connectivity index (χ4v) is 4.03. The van der Waals surface area contributed by atoms with Crippen molar-refractivity contribution in [2.75, 3.05) is 6.54 Å². The van der Waals surface area contributed by atoms with Crippen molar-refractivity contribution in [3.05, 3.63) is 52.6 Å². The second kappa shape index (κ2) is 7.80. The van der Waals surface area contributed by atoms with E-state index >= 15 is 0 Å². The van der Waals surface area contributed by atoms with Gasteiger partial charge in [0, 0.05) is 11.6 Å². The van der Waals surface area contributed by atoms with Gasteiger partial charge in [-0.1, -0.05) is 43.0 Å². The molecule has 0 unspecified atom stereocenters. The standard InChI is InChI=1S/C20H24ClN3O2/c21-16-8-6-15(7-9-16)18-11-24-13-23-19(17(24)12-26-18)20(25)22-10-14-4-2-1-3-5-14/h6-9,13-14,18H,1-5,10-12H2,(H,22,25)/t18-/m1/s1. The summed E-state index contributed by atoms with van der Waals surface area (Å²) in [6.07, 6.45) is 8.01. The van der Waals surface area contributed by atoms with E-state index in [1.54, 1.807) is 6.33 Å². The van der Waals surface area contributed by atoms with Crippen molar-refractivity contribution >= 4 is 17.5 Å². The Kier molecular flexibility index (Phi) is 5.27. The number of nitrogens with one attached hydrogen (secondary N) is 1. The number of benzene rings is 1. The number of hydrogen-bond acceptors (Lipinski definition) is 3. The lowest BCUT2D eigenvalue weighted by Gasteiger charge is -2.26. The number of hydrogen-bond donors (Lipinski definition) is 1. The average Bonchev–Trinajstić information content (AvgIpc) is 3.11. The monoisotopic (exact) mass is 373 g/mol. The number of halogens is 1. The molecule has 1 aromatic carbocycles. The Hall–Kier alpha value is -1.85. The van der Waals surface area contributed by atoms with Gasteiger partial charge >= 0.3 is 0 Å². The van der Waals surface area contributed by atoms with E-state index in [1.807, 2.05) is 28.8 Å². The minimum absolute atomic E-state index is 0.0490. The van der Waals surface area contributed by atoms with Crippen molar-refractivity contribution in [1.29, 1.82) is 0 Å². The van der Waals surface area contributed by atoms with Gasteiger partial charge in [0.25, 0.3) is 5.91 Å². The smallest absolute Gasteiger partial charge is 0.271 e. The van der Waals surface area contributed by atoms with Crippen molar-refractivity contribution in [3.63, 3.8) is 0 Å². The summed E-state index contributed by atoms with van der Waals surface area (Å²) in [6.45, 7) is 1.79. The van der Waals surface area contributed by atoms with E-state index in [0.717, 1.165) is 17.8 Å². The van der Waals surface area contributed by atoms with Crippen LogP contribution in [0.25, 0.3) is 0 Å². The Morgan fingerprint density at radius 3 is 2.77 bits per heavy atom. The Morgan fingerprint density at radius 1 is 1.23 bits per heavy atom. The zero-order valence-electron chi connectivity index (χ0n) is 14.8. The van der Waals surface area contributed by atoms with Gasteiger partial charge in [-0.05, 0) is 36.5 Å². The fraction of sp³-hybridized carbons (Fsp3) is 0.500. The molecule has 1 atom stereocenters. The maximum absolute atomic E-state index is 12.6. The molecule has 1 saturated carbocycles. The van der Waals surface area contributed by atoms with E-state index in [-0.39, 0.29) is 12.0 Å². The second-order valence-corrected chi connectivity index (χ2v) is 7.69. The first kappa shape index (κ1) is 17.6. The van der Waals surface area contributed by atoms with Crippen molar-refractivity contribution in [2.24, 2.45) is 5.92 Å². The van der Waals surface area contributed by atoms with E-state index < -0.39 is 0 Å². The van der Waals surface area contributed by atoms with Crippen LogP contribution in [0.3, 0.4) is 0 Å². The van der Waals surface area contributed by atoms with Crippen molar-refractivity contribution < 1.29 is 9.53 Å². The highest BCUT2D eigenvalue weighted by molar-refractivity contribution is 6.30. The highest BCUT2D eigenvalue weighted by Crippen LogP contribution is 2.28. The summed E-state index contributed by atoms with van der Waals surface area (Å²) in [5, 5.41) is 3.78. The van der Waals surface area contributed by atoms with Gasteiger partial charge < -0.3 is 14.6 Å². The number of aromatic nitrogens is 2. The first-order valence-electron chi connectivity index (χ1n) is 9.40. The predicted molar refractivity (Wildman–Crippen MR) is 100 cm³/mol. The summed E-state index contributed by atoms with van der Waals surface area (Å²) in [5.74, 6) is 0.523. The Morgan fingerprint density at radius 2 is 2.00 bits per heavy atom. The molecule has 2 aliphatic rings. The van der Waals surface area contributed by atoms with Crippen LogP contribution in [-0.4, -0.2) is 22.0 Å². The quantitative estimate of drug-likeness (QED) is 0.877. The maximum atomic E-state index is 12.6. The normalized spacial score (nSPS) is 20.6. The lowest BCUT2D eigenvalue weighted by atomic mass is 9.89. The summed E-state index contributed by atoms with van der Waals surface area (Å²) in [6, 6.07) is 7.70. The van der Waals surface area contributed by atoms with Crippen LogP contribution in [0.2, 0.25) is 5.02 Å². The molecule has 1 amide bonds. The molecule has 0 bridgehead atoms. The van der Waals surface area contributed by atoms with E-state index in [9.17, 15) is 4.79 Å². The van der Waals surface area contributed by atoms with Crippen LogP contribution >= 0.6 is 11.6 Å². The number of carbonyl (C=O) groups is 1. The van der Waals surface area contributed by atoms with Crippen LogP contribution in [0.15, 0.2) is 30.6 Å². The number of nitrogens with zero attached hydrogens (tertiary/aromatic N) is 2. The van der Waals surface area contributed by atoms with Gasteiger partial charge in [-0.15, -0.1) is 0 Å². The number of ether oxygens (including phenoxy) is 1. The molecule has 6 heteroatoms. The van der Waals surface area contributed by atoms with E-state index in [2.05, 4.69) is 10.3 Å². The SMILES string of the molecule is O=C(NCC1CCCCC1)c1ncn2c1CO[C@@H](c1ccc(Cl)cc1)C2. The molecule has 0 spiro atoms. The number of rotatable bonds is 4. The third kappa shape index (κ3) is 3.79. The number of imidazole rings is 1. The van der Waals surface area contributed by atoms with Crippen LogP contribution in [0, 0.1) is 5.92 Å². The summed E-state index contributed by atoms with van der Waals surface area (Å²) in [4.78, 5) is 16.9. The van der Waals surface area contributed by atoms with Gasteiger partial charge in [-0.3, -0.25) is 4.79 Å². The summed E-state index contributed by atoms with van der Waals surface area (Å²) in [7, 11) is 0. The fourth-order valence-electron chi connectivity index (χ4n) is 3.91. The molecular formula is C20H24ClN3O2. The summed E-state index contributed by atoms with van der Waals surface area (Å²) in [5.41, 5.74) is 2.43. The third-order valence-corrected chi connectivity index (χ3v) is 5.71. The molecule has 1 fully saturated rings. The molecule has 5 nitrogen and oxygen atoms in total. The Labute approximate surface area is 158 Å². The average molecular weight is 374 g/mol. The lowest BCUT2D eigenvalue weighted by molar-refractivity contribution is 0.00257. The molecule has 1 aliphatic carbocycles. The summed E-state index contributed by atoms with van der Waals surface area (Å²) >= 11 is 5.96. The summed E-state index contributed by atoms with van der Waals surface area (Å²) < 4.78 is 8.02. The lowest BCUT2D eigenvalue weighted by Crippen LogP contribution is -2.32. The number of amides is 1. The van der Waals surface area contributed by atoms with Gasteiger partial charge in [0.2, 0.25) is 0 Å². The molecule has 2 heterocycles. The molecule has 138 valence electrons. The molecule has 26 heavy (non-hydrogen) atoms. The first-order chi connectivity index (χ1) is 12.7. The second-order valence-electron chi connectivity index (χ2n) is 7.26. The van der Waals surface area contributed by atoms with E-state index in [0.29, 0.717) is 29.8 Å². The molecule has 0 radical (unpaired) electrons. The van der Waals surface area contributed by atoms with Crippen LogP contribution in [0.5, 0.6) is 0 Å². The predicted octanol–water partition coefficient (Wildman–Crippen LogP) is 4.12. The zero-order chi connectivity index (χ0) is 17.9. The van der Waals surface area contributed by atoms with E-state index in [4.69, 9.17) is 16.3 Å². The van der Waals surface area contributed by atoms with E-state index in [1.165, 1.54) is 32.1 Å². The number of fused-ring (bicyclic) bond motifs is 1. The van der Waals surface area contributed by atoms with Gasteiger partial charge in [0.15, 0.2) is 5.69 Å². The van der Waals surface area contributed by atoms with Crippen molar-refractivity contribution in [1.82, 2.24) is 14.9 Å². The van der Waals surface area contributed by atoms with Crippen LogP contribution in [-0.2, 0) is 17.9 Å². The molecule has 1 N–H and O–H groups in total. The van der Waals surface area contributed by atoms with Crippen molar-refractivity contribution in [3.8, 4) is 0 Å². The van der Waals surface area contributed by atoms with Crippen molar-refractivity contribution in [2.45, 2.75) is 51.4 Å². The van der Waals surface area contributed by atoms with Gasteiger partial charge in [0.05, 0.1) is 25.2 Å². The Bertz CT molecular complexity index is 766. The minimum atomic E-state index is -0.0853.